The van der Waals surface area contributed by atoms with Crippen molar-refractivity contribution in [1.29, 1.82) is 0 Å². The lowest BCUT2D eigenvalue weighted by Crippen LogP contribution is -2.36. The lowest BCUT2D eigenvalue weighted by Gasteiger charge is -2.29. The van der Waals surface area contributed by atoms with Crippen molar-refractivity contribution >= 4 is 23.4 Å². The summed E-state index contributed by atoms with van der Waals surface area (Å²) in [4.78, 5) is 14.5. The molecule has 0 unspecified atom stereocenters. The van der Waals surface area contributed by atoms with E-state index in [9.17, 15) is 9.18 Å². The first-order valence-corrected chi connectivity index (χ1v) is 7.07. The predicted octanol–water partition coefficient (Wildman–Crippen LogP) is 1.99. The standard InChI is InChI=1S/C13H17FN2OS/c14-5-7-16-12-3-2-11(18-8-6-15)9-10(12)1-4-13(16)17/h2-3,9H,1,4-8,15H2. The van der Waals surface area contributed by atoms with Gasteiger partial charge in [-0.25, -0.2) is 4.39 Å². The van der Waals surface area contributed by atoms with Crippen LogP contribution in [0.5, 0.6) is 0 Å². The van der Waals surface area contributed by atoms with E-state index in [2.05, 4.69) is 6.07 Å². The van der Waals surface area contributed by atoms with Crippen molar-refractivity contribution in [3.05, 3.63) is 23.8 Å². The molecule has 0 saturated heterocycles. The number of carbonyl (C=O) groups is 1. The van der Waals surface area contributed by atoms with Crippen LogP contribution >= 0.6 is 11.8 Å². The normalized spacial score (nSPS) is 14.8. The number of halogens is 1. The largest absolute Gasteiger partial charge is 0.330 e. The van der Waals surface area contributed by atoms with E-state index in [4.69, 9.17) is 5.73 Å². The topological polar surface area (TPSA) is 46.3 Å². The zero-order valence-corrected chi connectivity index (χ0v) is 11.0. The monoisotopic (exact) mass is 268 g/mol. The SMILES string of the molecule is NCCSc1ccc2c(c1)CCC(=O)N2CCF. The first kappa shape index (κ1) is 13.4. The van der Waals surface area contributed by atoms with Crippen molar-refractivity contribution in [3.8, 4) is 0 Å². The molecular formula is C13H17FN2OS. The molecule has 18 heavy (non-hydrogen) atoms. The lowest BCUT2D eigenvalue weighted by molar-refractivity contribution is -0.118. The second-order valence-electron chi connectivity index (χ2n) is 4.16. The van der Waals surface area contributed by atoms with Crippen LogP contribution in [0, 0.1) is 0 Å². The van der Waals surface area contributed by atoms with Gasteiger partial charge in [0, 0.05) is 29.3 Å². The first-order chi connectivity index (χ1) is 8.76. The molecule has 2 rings (SSSR count). The number of carbonyl (C=O) groups excluding carboxylic acids is 1. The van der Waals surface area contributed by atoms with Crippen LogP contribution in [0.2, 0.25) is 0 Å². The number of amides is 1. The molecule has 0 saturated carbocycles. The lowest BCUT2D eigenvalue weighted by atomic mass is 10.0. The number of hydrogen-bond acceptors (Lipinski definition) is 3. The highest BCUT2D eigenvalue weighted by atomic mass is 32.2. The maximum absolute atomic E-state index is 12.5. The Bertz CT molecular complexity index is 439. The summed E-state index contributed by atoms with van der Waals surface area (Å²) >= 11 is 1.71. The van der Waals surface area contributed by atoms with Gasteiger partial charge in [-0.15, -0.1) is 11.8 Å². The molecule has 0 aliphatic carbocycles. The van der Waals surface area contributed by atoms with Gasteiger partial charge in [0.05, 0.1) is 6.54 Å². The van der Waals surface area contributed by atoms with E-state index in [0.717, 1.165) is 28.3 Å². The third-order valence-corrected chi connectivity index (χ3v) is 3.97. The quantitative estimate of drug-likeness (QED) is 0.831. The van der Waals surface area contributed by atoms with Gasteiger partial charge in [-0.1, -0.05) is 0 Å². The number of benzene rings is 1. The van der Waals surface area contributed by atoms with Crippen molar-refractivity contribution in [3.63, 3.8) is 0 Å². The van der Waals surface area contributed by atoms with Crippen LogP contribution < -0.4 is 10.6 Å². The average molecular weight is 268 g/mol. The maximum Gasteiger partial charge on any atom is 0.227 e. The molecule has 1 aromatic carbocycles. The number of thioether (sulfide) groups is 1. The summed E-state index contributed by atoms with van der Waals surface area (Å²) in [6.45, 7) is 0.296. The van der Waals surface area contributed by atoms with Gasteiger partial charge in [-0.05, 0) is 30.2 Å². The zero-order chi connectivity index (χ0) is 13.0. The maximum atomic E-state index is 12.5. The van der Waals surface area contributed by atoms with E-state index < -0.39 is 6.67 Å². The summed E-state index contributed by atoms with van der Waals surface area (Å²) in [6, 6.07) is 5.98. The van der Waals surface area contributed by atoms with Crippen LogP contribution in [0.3, 0.4) is 0 Å². The van der Waals surface area contributed by atoms with Crippen molar-refractivity contribution in [2.24, 2.45) is 5.73 Å². The van der Waals surface area contributed by atoms with Gasteiger partial charge in [-0.2, -0.15) is 0 Å². The number of anilines is 1. The van der Waals surface area contributed by atoms with E-state index in [1.807, 2.05) is 12.1 Å². The van der Waals surface area contributed by atoms with Gasteiger partial charge in [0.15, 0.2) is 0 Å². The van der Waals surface area contributed by atoms with Crippen molar-refractivity contribution in [2.75, 3.05) is 30.4 Å². The van der Waals surface area contributed by atoms with Crippen molar-refractivity contribution in [2.45, 2.75) is 17.7 Å². The van der Waals surface area contributed by atoms with Gasteiger partial charge in [0.25, 0.3) is 0 Å². The highest BCUT2D eigenvalue weighted by molar-refractivity contribution is 7.99. The number of nitrogens with two attached hydrogens (primary N) is 1. The Labute approximate surface area is 111 Å². The van der Waals surface area contributed by atoms with Gasteiger partial charge < -0.3 is 10.6 Å². The van der Waals surface area contributed by atoms with E-state index >= 15 is 0 Å². The molecule has 0 fully saturated rings. The molecule has 0 atom stereocenters. The second-order valence-corrected chi connectivity index (χ2v) is 5.33. The molecule has 1 heterocycles. The molecule has 1 aliphatic heterocycles. The number of alkyl halides is 1. The van der Waals surface area contributed by atoms with Crippen LogP contribution in [0.1, 0.15) is 12.0 Å². The third-order valence-electron chi connectivity index (χ3n) is 2.95. The molecular weight excluding hydrogens is 251 g/mol. The number of nitrogens with zero attached hydrogens (tertiary/aromatic N) is 1. The molecule has 1 amide bonds. The van der Waals surface area contributed by atoms with E-state index in [0.29, 0.717) is 13.0 Å². The zero-order valence-electron chi connectivity index (χ0n) is 10.2. The summed E-state index contributed by atoms with van der Waals surface area (Å²) in [7, 11) is 0. The van der Waals surface area contributed by atoms with Crippen molar-refractivity contribution in [1.82, 2.24) is 0 Å². The molecule has 0 radical (unpaired) electrons. The fourth-order valence-corrected chi connectivity index (χ4v) is 2.88. The van der Waals surface area contributed by atoms with Crippen LogP contribution in [-0.4, -0.2) is 31.4 Å². The average Bonchev–Trinajstić information content (AvgIpc) is 2.39. The Kier molecular flexibility index (Phi) is 4.60. The summed E-state index contributed by atoms with van der Waals surface area (Å²) < 4.78 is 12.5. The molecule has 1 aromatic rings. The molecule has 0 spiro atoms. The Morgan fingerprint density at radius 2 is 2.22 bits per heavy atom. The number of fused-ring (bicyclic) bond motifs is 1. The molecule has 98 valence electrons. The highest BCUT2D eigenvalue weighted by Crippen LogP contribution is 2.31. The summed E-state index contributed by atoms with van der Waals surface area (Å²) in [5.74, 6) is 0.897. The smallest absolute Gasteiger partial charge is 0.227 e. The molecule has 5 heteroatoms. The van der Waals surface area contributed by atoms with Crippen LogP contribution in [0.15, 0.2) is 23.1 Å². The summed E-state index contributed by atoms with van der Waals surface area (Å²) in [6.07, 6.45) is 1.21. The van der Waals surface area contributed by atoms with Crippen LogP contribution in [-0.2, 0) is 11.2 Å². The highest BCUT2D eigenvalue weighted by Gasteiger charge is 2.23. The minimum Gasteiger partial charge on any atom is -0.330 e. The van der Waals surface area contributed by atoms with E-state index in [1.165, 1.54) is 0 Å². The molecule has 2 N–H and O–H groups in total. The molecule has 1 aliphatic rings. The first-order valence-electron chi connectivity index (χ1n) is 6.08. The van der Waals surface area contributed by atoms with E-state index in [-0.39, 0.29) is 12.5 Å². The van der Waals surface area contributed by atoms with Gasteiger partial charge >= 0.3 is 0 Å². The minimum absolute atomic E-state index is 0.0162. The Morgan fingerprint density at radius 3 is 2.94 bits per heavy atom. The number of aryl methyl sites for hydroxylation is 1. The third kappa shape index (κ3) is 2.84. The summed E-state index contributed by atoms with van der Waals surface area (Å²) in [5.41, 5.74) is 7.47. The van der Waals surface area contributed by atoms with Crippen LogP contribution in [0.4, 0.5) is 10.1 Å². The summed E-state index contributed by atoms with van der Waals surface area (Å²) in [5, 5.41) is 0. The van der Waals surface area contributed by atoms with E-state index in [1.54, 1.807) is 16.7 Å². The number of rotatable bonds is 5. The van der Waals surface area contributed by atoms with Crippen LogP contribution in [0.25, 0.3) is 0 Å². The fraction of sp³-hybridized carbons (Fsp3) is 0.462. The molecule has 0 aromatic heterocycles. The molecule has 3 nitrogen and oxygen atoms in total. The Hall–Kier alpha value is -1.07. The predicted molar refractivity (Wildman–Crippen MR) is 72.9 cm³/mol. The van der Waals surface area contributed by atoms with Gasteiger partial charge in [-0.3, -0.25) is 4.79 Å². The van der Waals surface area contributed by atoms with Gasteiger partial charge in [0.1, 0.15) is 6.67 Å². The number of hydrogen-bond donors (Lipinski definition) is 1. The Balaban J connectivity index is 2.22. The minimum atomic E-state index is -0.505. The van der Waals surface area contributed by atoms with Crippen molar-refractivity contribution < 1.29 is 9.18 Å². The molecule has 0 bridgehead atoms. The fourth-order valence-electron chi connectivity index (χ4n) is 2.13. The second kappa shape index (κ2) is 6.20. The Morgan fingerprint density at radius 1 is 1.39 bits per heavy atom. The van der Waals surface area contributed by atoms with Gasteiger partial charge in [0.2, 0.25) is 5.91 Å².